The maximum atomic E-state index is 12.0. The van der Waals surface area contributed by atoms with Crippen molar-refractivity contribution in [3.05, 3.63) is 0 Å². The first-order chi connectivity index (χ1) is 6.84. The van der Waals surface area contributed by atoms with Crippen LogP contribution in [0.25, 0.3) is 0 Å². The molecule has 1 saturated heterocycles. The maximum Gasteiger partial charge on any atom is 0.226 e. The van der Waals surface area contributed by atoms with E-state index in [1.54, 1.807) is 0 Å². The summed E-state index contributed by atoms with van der Waals surface area (Å²) < 4.78 is 5.79. The normalized spacial score (nSPS) is 28.8. The van der Waals surface area contributed by atoms with Crippen LogP contribution in [-0.2, 0) is 9.53 Å². The average Bonchev–Trinajstić information content (AvgIpc) is 2.24. The molecule has 0 bridgehead atoms. The summed E-state index contributed by atoms with van der Waals surface area (Å²) in [4.78, 5) is 12.0. The minimum absolute atomic E-state index is 0.0347. The molecule has 1 N–H and O–H groups in total. The van der Waals surface area contributed by atoms with Crippen molar-refractivity contribution in [2.45, 2.75) is 40.7 Å². The van der Waals surface area contributed by atoms with Crippen LogP contribution >= 0.6 is 0 Å². The van der Waals surface area contributed by atoms with Gasteiger partial charge in [0, 0.05) is 6.54 Å². The lowest BCUT2D eigenvalue weighted by atomic mass is 9.74. The van der Waals surface area contributed by atoms with Gasteiger partial charge in [-0.05, 0) is 11.3 Å². The van der Waals surface area contributed by atoms with Crippen molar-refractivity contribution < 1.29 is 9.53 Å². The van der Waals surface area contributed by atoms with Gasteiger partial charge in [-0.2, -0.15) is 0 Å². The second-order valence-corrected chi connectivity index (χ2v) is 5.71. The highest BCUT2D eigenvalue weighted by molar-refractivity contribution is 5.80. The Labute approximate surface area is 92.6 Å². The average molecular weight is 213 g/mol. The molecule has 88 valence electrons. The van der Waals surface area contributed by atoms with Gasteiger partial charge in [-0.1, -0.05) is 34.6 Å². The van der Waals surface area contributed by atoms with Gasteiger partial charge >= 0.3 is 0 Å². The molecule has 0 aromatic heterocycles. The monoisotopic (exact) mass is 213 g/mol. The number of rotatable bonds is 1. The smallest absolute Gasteiger partial charge is 0.226 e. The highest BCUT2D eigenvalue weighted by atomic mass is 16.5. The number of carbonyl (C=O) groups is 1. The third-order valence-corrected chi connectivity index (χ3v) is 2.91. The summed E-state index contributed by atoms with van der Waals surface area (Å²) in [5.41, 5.74) is -0.0522. The van der Waals surface area contributed by atoms with Crippen LogP contribution in [0.2, 0.25) is 0 Å². The fraction of sp³-hybridized carbons (Fsp3) is 0.917. The molecule has 0 aromatic carbocycles. The van der Waals surface area contributed by atoms with E-state index in [4.69, 9.17) is 4.74 Å². The first-order valence-electron chi connectivity index (χ1n) is 5.73. The summed E-state index contributed by atoms with van der Waals surface area (Å²) in [6.45, 7) is 11.8. The van der Waals surface area contributed by atoms with Crippen LogP contribution in [0.1, 0.15) is 34.6 Å². The fourth-order valence-corrected chi connectivity index (χ4v) is 2.19. The molecule has 1 amide bonds. The number of nitrogens with one attached hydrogen (secondary N) is 1. The Morgan fingerprint density at radius 3 is 2.47 bits per heavy atom. The largest absolute Gasteiger partial charge is 0.375 e. The van der Waals surface area contributed by atoms with Crippen LogP contribution in [-0.4, -0.2) is 25.2 Å². The van der Waals surface area contributed by atoms with Gasteiger partial charge in [-0.3, -0.25) is 4.79 Å². The molecule has 0 spiro atoms. The van der Waals surface area contributed by atoms with E-state index < -0.39 is 0 Å². The summed E-state index contributed by atoms with van der Waals surface area (Å²) >= 11 is 0. The standard InChI is InChI=1S/C12H23NO2/c1-8(2)10-9(12(3,4)5)11(14)13-6-7-15-10/h8-10H,6-7H2,1-5H3,(H,13,14). The van der Waals surface area contributed by atoms with Gasteiger partial charge in [-0.25, -0.2) is 0 Å². The summed E-state index contributed by atoms with van der Waals surface area (Å²) in [6.07, 6.45) is 0.0347. The van der Waals surface area contributed by atoms with Gasteiger partial charge in [-0.15, -0.1) is 0 Å². The lowest BCUT2D eigenvalue weighted by Gasteiger charge is -2.35. The van der Waals surface area contributed by atoms with Crippen LogP contribution in [0.3, 0.4) is 0 Å². The Morgan fingerprint density at radius 2 is 2.00 bits per heavy atom. The highest BCUT2D eigenvalue weighted by Gasteiger charge is 2.41. The van der Waals surface area contributed by atoms with E-state index in [0.717, 1.165) is 0 Å². The van der Waals surface area contributed by atoms with E-state index in [9.17, 15) is 4.79 Å². The zero-order chi connectivity index (χ0) is 11.6. The van der Waals surface area contributed by atoms with E-state index >= 15 is 0 Å². The van der Waals surface area contributed by atoms with Crippen LogP contribution < -0.4 is 5.32 Å². The fourth-order valence-electron chi connectivity index (χ4n) is 2.19. The van der Waals surface area contributed by atoms with E-state index in [0.29, 0.717) is 19.1 Å². The minimum atomic E-state index is -0.0556. The molecule has 1 aliphatic rings. The number of hydrogen-bond acceptors (Lipinski definition) is 2. The summed E-state index contributed by atoms with van der Waals surface area (Å²) in [5, 5.41) is 2.92. The Morgan fingerprint density at radius 1 is 1.40 bits per heavy atom. The molecule has 0 aromatic rings. The molecule has 0 saturated carbocycles. The van der Waals surface area contributed by atoms with Gasteiger partial charge in [0.2, 0.25) is 5.91 Å². The number of ether oxygens (including phenoxy) is 1. The third kappa shape index (κ3) is 2.94. The summed E-state index contributed by atoms with van der Waals surface area (Å²) in [5.74, 6) is 0.455. The van der Waals surface area contributed by atoms with Crippen molar-refractivity contribution >= 4 is 5.91 Å². The molecular formula is C12H23NO2. The summed E-state index contributed by atoms with van der Waals surface area (Å²) in [7, 11) is 0. The number of carbonyl (C=O) groups excluding carboxylic acids is 1. The van der Waals surface area contributed by atoms with Crippen LogP contribution in [0, 0.1) is 17.3 Å². The van der Waals surface area contributed by atoms with E-state index in [2.05, 4.69) is 39.9 Å². The van der Waals surface area contributed by atoms with Gasteiger partial charge in [0.25, 0.3) is 0 Å². The molecule has 2 unspecified atom stereocenters. The molecule has 1 heterocycles. The molecular weight excluding hydrogens is 190 g/mol. The SMILES string of the molecule is CC(C)C1OCCNC(=O)C1C(C)(C)C. The molecule has 1 aliphatic heterocycles. The lowest BCUT2D eigenvalue weighted by molar-refractivity contribution is -0.134. The van der Waals surface area contributed by atoms with Crippen molar-refractivity contribution in [3.8, 4) is 0 Å². The van der Waals surface area contributed by atoms with Crippen LogP contribution in [0.5, 0.6) is 0 Å². The van der Waals surface area contributed by atoms with Crippen LogP contribution in [0.4, 0.5) is 0 Å². The van der Waals surface area contributed by atoms with Gasteiger partial charge in [0.1, 0.15) is 0 Å². The molecule has 0 aliphatic carbocycles. The maximum absolute atomic E-state index is 12.0. The topological polar surface area (TPSA) is 38.3 Å². The first-order valence-corrected chi connectivity index (χ1v) is 5.73. The molecule has 1 rings (SSSR count). The first kappa shape index (κ1) is 12.5. The zero-order valence-electron chi connectivity index (χ0n) is 10.5. The molecule has 3 heteroatoms. The predicted molar refractivity (Wildman–Crippen MR) is 60.5 cm³/mol. The Bertz CT molecular complexity index is 230. The van der Waals surface area contributed by atoms with Gasteiger partial charge in [0.15, 0.2) is 0 Å². The molecule has 3 nitrogen and oxygen atoms in total. The number of amides is 1. The van der Waals surface area contributed by atoms with Crippen molar-refractivity contribution in [1.82, 2.24) is 5.32 Å². The van der Waals surface area contributed by atoms with Gasteiger partial charge in [0.05, 0.1) is 18.6 Å². The lowest BCUT2D eigenvalue weighted by Crippen LogP contribution is -2.45. The van der Waals surface area contributed by atoms with E-state index in [1.165, 1.54) is 0 Å². The Hall–Kier alpha value is -0.570. The van der Waals surface area contributed by atoms with Crippen LogP contribution in [0.15, 0.2) is 0 Å². The second kappa shape index (κ2) is 4.52. The van der Waals surface area contributed by atoms with Crippen molar-refractivity contribution in [2.75, 3.05) is 13.2 Å². The van der Waals surface area contributed by atoms with Gasteiger partial charge < -0.3 is 10.1 Å². The van der Waals surface area contributed by atoms with Crippen molar-refractivity contribution in [2.24, 2.45) is 17.3 Å². The Kier molecular flexibility index (Phi) is 3.77. The molecule has 0 radical (unpaired) electrons. The number of hydrogen-bond donors (Lipinski definition) is 1. The minimum Gasteiger partial charge on any atom is -0.375 e. The zero-order valence-corrected chi connectivity index (χ0v) is 10.5. The highest BCUT2D eigenvalue weighted by Crippen LogP contribution is 2.34. The Balaban J connectivity index is 2.94. The third-order valence-electron chi connectivity index (χ3n) is 2.91. The second-order valence-electron chi connectivity index (χ2n) is 5.71. The quantitative estimate of drug-likeness (QED) is 0.721. The van der Waals surface area contributed by atoms with E-state index in [-0.39, 0.29) is 23.3 Å². The van der Waals surface area contributed by atoms with Crippen molar-refractivity contribution in [3.63, 3.8) is 0 Å². The molecule has 15 heavy (non-hydrogen) atoms. The predicted octanol–water partition coefficient (Wildman–Crippen LogP) is 1.82. The van der Waals surface area contributed by atoms with Crippen molar-refractivity contribution in [1.29, 1.82) is 0 Å². The van der Waals surface area contributed by atoms with E-state index in [1.807, 2.05) is 0 Å². The summed E-state index contributed by atoms with van der Waals surface area (Å²) in [6, 6.07) is 0. The molecule has 2 atom stereocenters. The molecule has 1 fully saturated rings.